The van der Waals surface area contributed by atoms with Gasteiger partial charge in [-0.25, -0.2) is 0 Å². The number of benzene rings is 1. The molecule has 0 bridgehead atoms. The molecule has 0 aromatic heterocycles. The monoisotopic (exact) mass is 274 g/mol. The van der Waals surface area contributed by atoms with Crippen molar-refractivity contribution < 1.29 is 19.1 Å². The molecule has 1 heterocycles. The third-order valence-corrected chi connectivity index (χ3v) is 2.71. The molecule has 20 heavy (non-hydrogen) atoms. The zero-order chi connectivity index (χ0) is 14.5. The number of hydrogen-bond donors (Lipinski definition) is 1. The number of piperazine rings is 1. The number of para-hydroxylation sites is 1. The highest BCUT2D eigenvalue weighted by atomic mass is 16.5. The van der Waals surface area contributed by atoms with E-state index >= 15 is 0 Å². The third-order valence-electron chi connectivity index (χ3n) is 2.71. The van der Waals surface area contributed by atoms with Gasteiger partial charge in [0.25, 0.3) is 5.91 Å². The molecule has 0 unspecified atom stereocenters. The lowest BCUT2D eigenvalue weighted by molar-refractivity contribution is -0.135. The van der Waals surface area contributed by atoms with Crippen LogP contribution in [0.15, 0.2) is 36.9 Å². The Morgan fingerprint density at radius 3 is 2.60 bits per heavy atom. The van der Waals surface area contributed by atoms with E-state index < -0.39 is 17.7 Å². The Morgan fingerprint density at radius 2 is 1.95 bits per heavy atom. The second-order valence-electron chi connectivity index (χ2n) is 4.23. The predicted molar refractivity (Wildman–Crippen MR) is 71.2 cm³/mol. The molecule has 1 aromatic carbocycles. The van der Waals surface area contributed by atoms with Crippen LogP contribution in [0.25, 0.3) is 0 Å². The van der Waals surface area contributed by atoms with E-state index in [1.165, 1.54) is 4.90 Å². The molecule has 0 saturated carbocycles. The summed E-state index contributed by atoms with van der Waals surface area (Å²) in [6.07, 6.45) is 1.57. The number of carbonyl (C=O) groups excluding carboxylic acids is 3. The fourth-order valence-corrected chi connectivity index (χ4v) is 1.87. The van der Waals surface area contributed by atoms with Gasteiger partial charge in [0.2, 0.25) is 11.8 Å². The van der Waals surface area contributed by atoms with E-state index in [-0.39, 0.29) is 19.7 Å². The highest BCUT2D eigenvalue weighted by Crippen LogP contribution is 2.20. The maximum Gasteiger partial charge on any atom is 0.258 e. The van der Waals surface area contributed by atoms with Crippen molar-refractivity contribution in [2.24, 2.45) is 0 Å². The Bertz CT molecular complexity index is 552. The van der Waals surface area contributed by atoms with E-state index in [9.17, 15) is 14.4 Å². The molecule has 1 N–H and O–H groups in total. The first-order valence-corrected chi connectivity index (χ1v) is 6.06. The maximum atomic E-state index is 12.4. The first-order valence-electron chi connectivity index (χ1n) is 6.06. The Balaban J connectivity index is 2.22. The zero-order valence-corrected chi connectivity index (χ0v) is 10.8. The summed E-state index contributed by atoms with van der Waals surface area (Å²) in [6, 6.07) is 6.68. The van der Waals surface area contributed by atoms with Gasteiger partial charge in [0.1, 0.15) is 25.4 Å². The minimum Gasteiger partial charge on any atom is -0.489 e. The van der Waals surface area contributed by atoms with Crippen LogP contribution in [-0.4, -0.2) is 42.3 Å². The zero-order valence-electron chi connectivity index (χ0n) is 10.8. The minimum atomic E-state index is -0.487. The quantitative estimate of drug-likeness (QED) is 0.635. The molecule has 0 spiro atoms. The van der Waals surface area contributed by atoms with E-state index in [0.29, 0.717) is 11.3 Å². The summed E-state index contributed by atoms with van der Waals surface area (Å²) in [6.45, 7) is 3.53. The number of nitrogens with zero attached hydrogens (tertiary/aromatic N) is 1. The molecule has 0 atom stereocenters. The van der Waals surface area contributed by atoms with Gasteiger partial charge in [-0.05, 0) is 12.1 Å². The van der Waals surface area contributed by atoms with Gasteiger partial charge >= 0.3 is 0 Å². The number of ether oxygens (including phenoxy) is 1. The fourth-order valence-electron chi connectivity index (χ4n) is 1.87. The summed E-state index contributed by atoms with van der Waals surface area (Å²) in [4.78, 5) is 36.2. The molecular weight excluding hydrogens is 260 g/mol. The largest absolute Gasteiger partial charge is 0.489 e. The van der Waals surface area contributed by atoms with Crippen LogP contribution in [-0.2, 0) is 9.59 Å². The van der Waals surface area contributed by atoms with Crippen molar-refractivity contribution in [1.82, 2.24) is 10.2 Å². The van der Waals surface area contributed by atoms with Gasteiger partial charge in [0.05, 0.1) is 5.56 Å². The minimum absolute atomic E-state index is 0.139. The van der Waals surface area contributed by atoms with Crippen molar-refractivity contribution in [2.75, 3.05) is 19.7 Å². The number of rotatable bonds is 4. The average molecular weight is 274 g/mol. The van der Waals surface area contributed by atoms with Crippen LogP contribution in [0.5, 0.6) is 5.75 Å². The van der Waals surface area contributed by atoms with Crippen molar-refractivity contribution in [3.05, 3.63) is 42.5 Å². The van der Waals surface area contributed by atoms with Gasteiger partial charge in [0, 0.05) is 0 Å². The molecular formula is C14H14N2O4. The van der Waals surface area contributed by atoms with E-state index in [1.807, 2.05) is 0 Å². The average Bonchev–Trinajstić information content (AvgIpc) is 2.43. The number of hydrogen-bond acceptors (Lipinski definition) is 4. The number of imide groups is 1. The molecule has 2 rings (SSSR count). The van der Waals surface area contributed by atoms with Crippen molar-refractivity contribution in [3.63, 3.8) is 0 Å². The second-order valence-corrected chi connectivity index (χ2v) is 4.23. The van der Waals surface area contributed by atoms with Crippen molar-refractivity contribution in [1.29, 1.82) is 0 Å². The summed E-state index contributed by atoms with van der Waals surface area (Å²) >= 11 is 0. The molecule has 0 aliphatic carbocycles. The molecule has 1 fully saturated rings. The van der Waals surface area contributed by atoms with Crippen LogP contribution in [0, 0.1) is 0 Å². The topological polar surface area (TPSA) is 75.7 Å². The van der Waals surface area contributed by atoms with E-state index in [4.69, 9.17) is 4.74 Å². The van der Waals surface area contributed by atoms with Gasteiger partial charge < -0.3 is 9.64 Å². The first kappa shape index (κ1) is 13.8. The highest BCUT2D eigenvalue weighted by molar-refractivity contribution is 6.06. The normalized spacial score (nSPS) is 14.7. The third kappa shape index (κ3) is 3.03. The molecule has 104 valence electrons. The Hall–Kier alpha value is -2.63. The summed E-state index contributed by atoms with van der Waals surface area (Å²) in [7, 11) is 0. The lowest BCUT2D eigenvalue weighted by atomic mass is 10.1. The van der Waals surface area contributed by atoms with Crippen molar-refractivity contribution in [3.8, 4) is 5.75 Å². The molecule has 1 aliphatic rings. The SMILES string of the molecule is C=CCOc1ccccc1C(=O)N1CC(=O)NC(=O)C1. The van der Waals surface area contributed by atoms with Crippen LogP contribution in [0.2, 0.25) is 0 Å². The summed E-state index contributed by atoms with van der Waals surface area (Å²) in [5.41, 5.74) is 0.317. The van der Waals surface area contributed by atoms with Crippen LogP contribution < -0.4 is 10.1 Å². The van der Waals surface area contributed by atoms with Gasteiger partial charge in [-0.15, -0.1) is 0 Å². The van der Waals surface area contributed by atoms with Crippen LogP contribution >= 0.6 is 0 Å². The first-order chi connectivity index (χ1) is 9.61. The molecule has 6 heteroatoms. The Kier molecular flexibility index (Phi) is 4.14. The maximum absolute atomic E-state index is 12.4. The standard InChI is InChI=1S/C14H14N2O4/c1-2-7-20-11-6-4-3-5-10(11)14(19)16-8-12(17)15-13(18)9-16/h2-6H,1,7-9H2,(H,15,17,18). The van der Waals surface area contributed by atoms with Crippen LogP contribution in [0.1, 0.15) is 10.4 Å². The van der Waals surface area contributed by atoms with Gasteiger partial charge in [-0.3, -0.25) is 19.7 Å². The number of carbonyl (C=O) groups is 3. The van der Waals surface area contributed by atoms with Crippen LogP contribution in [0.3, 0.4) is 0 Å². The molecule has 0 radical (unpaired) electrons. The molecule has 6 nitrogen and oxygen atoms in total. The Labute approximate surface area is 116 Å². The molecule has 1 aromatic rings. The molecule has 1 aliphatic heterocycles. The molecule has 1 saturated heterocycles. The predicted octanol–water partition coefficient (Wildman–Crippen LogP) is 0.350. The second kappa shape index (κ2) is 6.01. The smallest absolute Gasteiger partial charge is 0.258 e. The van der Waals surface area contributed by atoms with Crippen LogP contribution in [0.4, 0.5) is 0 Å². The van der Waals surface area contributed by atoms with E-state index in [1.54, 1.807) is 30.3 Å². The molecule has 3 amide bonds. The van der Waals surface area contributed by atoms with Gasteiger partial charge in [-0.2, -0.15) is 0 Å². The van der Waals surface area contributed by atoms with Gasteiger partial charge in [0.15, 0.2) is 0 Å². The van der Waals surface area contributed by atoms with E-state index in [2.05, 4.69) is 11.9 Å². The Morgan fingerprint density at radius 1 is 1.30 bits per heavy atom. The highest BCUT2D eigenvalue weighted by Gasteiger charge is 2.28. The van der Waals surface area contributed by atoms with Gasteiger partial charge in [-0.1, -0.05) is 24.8 Å². The fraction of sp³-hybridized carbons (Fsp3) is 0.214. The number of nitrogens with one attached hydrogen (secondary N) is 1. The van der Waals surface area contributed by atoms with E-state index in [0.717, 1.165) is 0 Å². The summed E-state index contributed by atoms with van der Waals surface area (Å²) in [5.74, 6) is -0.984. The lowest BCUT2D eigenvalue weighted by Gasteiger charge is -2.26. The lowest BCUT2D eigenvalue weighted by Crippen LogP contribution is -2.53. The summed E-state index contributed by atoms with van der Waals surface area (Å²) < 4.78 is 5.40. The van der Waals surface area contributed by atoms with Crippen molar-refractivity contribution >= 4 is 17.7 Å². The van der Waals surface area contributed by atoms with Crippen molar-refractivity contribution in [2.45, 2.75) is 0 Å². The summed E-state index contributed by atoms with van der Waals surface area (Å²) in [5, 5.41) is 2.15. The number of amides is 3.